The van der Waals surface area contributed by atoms with Crippen molar-refractivity contribution in [1.29, 1.82) is 0 Å². The number of benzene rings is 1. The summed E-state index contributed by atoms with van der Waals surface area (Å²) >= 11 is 5.86. The van der Waals surface area contributed by atoms with Crippen molar-refractivity contribution in [3.8, 4) is 5.75 Å². The summed E-state index contributed by atoms with van der Waals surface area (Å²) in [6.07, 6.45) is 0.759. The highest BCUT2D eigenvalue weighted by atomic mass is 35.5. The van der Waals surface area contributed by atoms with Crippen molar-refractivity contribution in [2.75, 3.05) is 26.7 Å². The molecule has 1 atom stereocenters. The van der Waals surface area contributed by atoms with Gasteiger partial charge in [-0.1, -0.05) is 24.6 Å². The summed E-state index contributed by atoms with van der Waals surface area (Å²) in [5.74, 6) is 0.676. The van der Waals surface area contributed by atoms with Crippen LogP contribution < -0.4 is 10.5 Å². The lowest BCUT2D eigenvalue weighted by molar-refractivity contribution is -0.134. The van der Waals surface area contributed by atoms with E-state index in [1.54, 1.807) is 24.1 Å². The molecule has 1 unspecified atom stereocenters. The minimum Gasteiger partial charge on any atom is -0.492 e. The van der Waals surface area contributed by atoms with Crippen molar-refractivity contribution in [3.05, 3.63) is 29.3 Å². The number of halogens is 1. The first kappa shape index (κ1) is 15.8. The van der Waals surface area contributed by atoms with Crippen molar-refractivity contribution in [3.63, 3.8) is 0 Å². The van der Waals surface area contributed by atoms with Crippen LogP contribution in [0.25, 0.3) is 0 Å². The predicted molar refractivity (Wildman–Crippen MR) is 77.4 cm³/mol. The fraction of sp³-hybridized carbons (Fsp3) is 0.500. The van der Waals surface area contributed by atoms with Crippen LogP contribution in [0.1, 0.15) is 13.3 Å². The average Bonchev–Trinajstić information content (AvgIpc) is 2.40. The Morgan fingerprint density at radius 3 is 2.84 bits per heavy atom. The summed E-state index contributed by atoms with van der Waals surface area (Å²) < 4.78 is 5.55. The van der Waals surface area contributed by atoms with Crippen LogP contribution in [0.2, 0.25) is 5.02 Å². The van der Waals surface area contributed by atoms with E-state index in [0.717, 1.165) is 6.42 Å². The molecular formula is C14H21ClN2O2. The summed E-state index contributed by atoms with van der Waals surface area (Å²) in [5, 5.41) is 0.635. The molecule has 1 aromatic carbocycles. The first-order valence-electron chi connectivity index (χ1n) is 6.41. The number of hydrogen-bond acceptors (Lipinski definition) is 3. The molecule has 0 saturated carbocycles. The zero-order valence-corrected chi connectivity index (χ0v) is 12.2. The summed E-state index contributed by atoms with van der Waals surface area (Å²) in [7, 11) is 1.77. The predicted octanol–water partition coefficient (Wildman–Crippen LogP) is 2.16. The van der Waals surface area contributed by atoms with Crippen LogP contribution in [-0.4, -0.2) is 37.6 Å². The lowest BCUT2D eigenvalue weighted by Gasteiger charge is -2.22. The molecule has 0 saturated heterocycles. The number of hydrogen-bond donors (Lipinski definition) is 1. The number of amides is 1. The van der Waals surface area contributed by atoms with Gasteiger partial charge in [-0.3, -0.25) is 4.79 Å². The van der Waals surface area contributed by atoms with Crippen LogP contribution >= 0.6 is 11.6 Å². The molecule has 0 aliphatic heterocycles. The number of rotatable bonds is 7. The molecular weight excluding hydrogens is 264 g/mol. The van der Waals surface area contributed by atoms with Crippen molar-refractivity contribution >= 4 is 17.5 Å². The largest absolute Gasteiger partial charge is 0.492 e. The molecule has 0 radical (unpaired) electrons. The van der Waals surface area contributed by atoms with Gasteiger partial charge >= 0.3 is 0 Å². The standard InChI is InChI=1S/C14H21ClN2O2/c1-3-11(10-16)14(18)17(2)7-8-19-13-6-4-5-12(15)9-13/h4-6,9,11H,3,7-8,10,16H2,1-2H3. The van der Waals surface area contributed by atoms with Gasteiger partial charge in [-0.2, -0.15) is 0 Å². The van der Waals surface area contributed by atoms with Crippen molar-refractivity contribution in [2.24, 2.45) is 11.7 Å². The highest BCUT2D eigenvalue weighted by Crippen LogP contribution is 2.17. The summed E-state index contributed by atoms with van der Waals surface area (Å²) in [5.41, 5.74) is 5.56. The maximum Gasteiger partial charge on any atom is 0.226 e. The van der Waals surface area contributed by atoms with Crippen molar-refractivity contribution < 1.29 is 9.53 Å². The molecule has 0 aliphatic carbocycles. The van der Waals surface area contributed by atoms with E-state index in [0.29, 0.717) is 30.5 Å². The molecule has 106 valence electrons. The molecule has 0 aliphatic rings. The fourth-order valence-corrected chi connectivity index (χ4v) is 1.90. The Balaban J connectivity index is 2.38. The topological polar surface area (TPSA) is 55.6 Å². The van der Waals surface area contributed by atoms with Gasteiger partial charge in [0.25, 0.3) is 0 Å². The molecule has 2 N–H and O–H groups in total. The third-order valence-corrected chi connectivity index (χ3v) is 3.23. The Kier molecular flexibility index (Phi) is 6.67. The highest BCUT2D eigenvalue weighted by molar-refractivity contribution is 6.30. The van der Waals surface area contributed by atoms with E-state index in [2.05, 4.69) is 0 Å². The lowest BCUT2D eigenvalue weighted by Crippen LogP contribution is -2.38. The number of carbonyl (C=O) groups is 1. The minimum absolute atomic E-state index is 0.0692. The Morgan fingerprint density at radius 1 is 1.53 bits per heavy atom. The minimum atomic E-state index is -0.101. The van der Waals surface area contributed by atoms with Gasteiger partial charge in [-0.25, -0.2) is 0 Å². The van der Waals surface area contributed by atoms with E-state index in [1.165, 1.54) is 0 Å². The van der Waals surface area contributed by atoms with Gasteiger partial charge in [0.05, 0.1) is 12.5 Å². The summed E-state index contributed by atoms with van der Waals surface area (Å²) in [6, 6.07) is 7.20. The third kappa shape index (κ3) is 5.09. The molecule has 0 fully saturated rings. The number of carbonyl (C=O) groups excluding carboxylic acids is 1. The molecule has 1 rings (SSSR count). The first-order valence-corrected chi connectivity index (χ1v) is 6.79. The second-order valence-electron chi connectivity index (χ2n) is 4.41. The maximum atomic E-state index is 12.0. The smallest absolute Gasteiger partial charge is 0.226 e. The van der Waals surface area contributed by atoms with Gasteiger partial charge in [0.1, 0.15) is 12.4 Å². The molecule has 5 heteroatoms. The van der Waals surface area contributed by atoms with Gasteiger partial charge in [0, 0.05) is 18.6 Å². The van der Waals surface area contributed by atoms with E-state index in [9.17, 15) is 4.79 Å². The zero-order chi connectivity index (χ0) is 14.3. The second kappa shape index (κ2) is 8.02. The fourth-order valence-electron chi connectivity index (χ4n) is 1.72. The van der Waals surface area contributed by atoms with Gasteiger partial charge in [-0.05, 0) is 24.6 Å². The Hall–Kier alpha value is -1.26. The van der Waals surface area contributed by atoms with E-state index in [-0.39, 0.29) is 11.8 Å². The first-order chi connectivity index (χ1) is 9.08. The Morgan fingerprint density at radius 2 is 2.26 bits per heavy atom. The lowest BCUT2D eigenvalue weighted by atomic mass is 10.1. The number of likely N-dealkylation sites (N-methyl/N-ethyl adjacent to an activating group) is 1. The highest BCUT2D eigenvalue weighted by Gasteiger charge is 2.18. The zero-order valence-electron chi connectivity index (χ0n) is 11.4. The van der Waals surface area contributed by atoms with Crippen LogP contribution in [0, 0.1) is 5.92 Å². The van der Waals surface area contributed by atoms with E-state index < -0.39 is 0 Å². The summed E-state index contributed by atoms with van der Waals surface area (Å²) in [4.78, 5) is 13.6. The Bertz CT molecular complexity index is 408. The maximum absolute atomic E-state index is 12.0. The SMILES string of the molecule is CCC(CN)C(=O)N(C)CCOc1cccc(Cl)c1. The number of nitrogens with zero attached hydrogens (tertiary/aromatic N) is 1. The van der Waals surface area contributed by atoms with Gasteiger partial charge in [0.2, 0.25) is 5.91 Å². The van der Waals surface area contributed by atoms with E-state index in [1.807, 2.05) is 19.1 Å². The van der Waals surface area contributed by atoms with Crippen molar-refractivity contribution in [2.45, 2.75) is 13.3 Å². The molecule has 19 heavy (non-hydrogen) atoms. The summed E-state index contributed by atoms with van der Waals surface area (Å²) in [6.45, 7) is 3.31. The Labute approximate surface area is 119 Å². The van der Waals surface area contributed by atoms with Crippen molar-refractivity contribution in [1.82, 2.24) is 4.90 Å². The van der Waals surface area contributed by atoms with Crippen LogP contribution in [0.15, 0.2) is 24.3 Å². The molecule has 1 amide bonds. The van der Waals surface area contributed by atoms with Gasteiger partial charge in [0.15, 0.2) is 0 Å². The third-order valence-electron chi connectivity index (χ3n) is 2.99. The van der Waals surface area contributed by atoms with Crippen LogP contribution in [0.3, 0.4) is 0 Å². The molecule has 0 bridgehead atoms. The average molecular weight is 285 g/mol. The monoisotopic (exact) mass is 284 g/mol. The molecule has 4 nitrogen and oxygen atoms in total. The van der Waals surface area contributed by atoms with Crippen LogP contribution in [0.4, 0.5) is 0 Å². The molecule has 0 aromatic heterocycles. The number of ether oxygens (including phenoxy) is 1. The quantitative estimate of drug-likeness (QED) is 0.835. The molecule has 1 aromatic rings. The van der Waals surface area contributed by atoms with E-state index >= 15 is 0 Å². The number of nitrogens with two attached hydrogens (primary N) is 1. The second-order valence-corrected chi connectivity index (χ2v) is 4.84. The molecule has 0 heterocycles. The normalized spacial score (nSPS) is 12.0. The van der Waals surface area contributed by atoms with Crippen LogP contribution in [0.5, 0.6) is 5.75 Å². The van der Waals surface area contributed by atoms with Crippen LogP contribution in [-0.2, 0) is 4.79 Å². The van der Waals surface area contributed by atoms with E-state index in [4.69, 9.17) is 22.1 Å². The van der Waals surface area contributed by atoms with Gasteiger partial charge in [-0.15, -0.1) is 0 Å². The van der Waals surface area contributed by atoms with Gasteiger partial charge < -0.3 is 15.4 Å². The molecule has 0 spiro atoms.